The molecule has 0 nitrogen and oxygen atoms in total. The van der Waals surface area contributed by atoms with Gasteiger partial charge in [-0.05, 0) is 18.6 Å². The van der Waals surface area contributed by atoms with Crippen molar-refractivity contribution >= 4 is 0 Å². The highest BCUT2D eigenvalue weighted by Gasteiger charge is 1.81. The molecule has 0 fully saturated rings. The zero-order chi connectivity index (χ0) is 8.10. The van der Waals surface area contributed by atoms with Crippen LogP contribution in [0.4, 0.5) is 0 Å². The molecule has 0 saturated heterocycles. The molecule has 0 heterocycles. The summed E-state index contributed by atoms with van der Waals surface area (Å²) in [4.78, 5) is 0. The van der Waals surface area contributed by atoms with Crippen LogP contribution in [0, 0.1) is 6.08 Å². The van der Waals surface area contributed by atoms with Gasteiger partial charge in [-0.15, -0.1) is 0 Å². The van der Waals surface area contributed by atoms with E-state index in [-0.39, 0.29) is 0 Å². The summed E-state index contributed by atoms with van der Waals surface area (Å²) >= 11 is 0. The first-order chi connectivity index (χ1) is 5.29. The second-order valence-electron chi connectivity index (χ2n) is 2.50. The van der Waals surface area contributed by atoms with E-state index < -0.39 is 0 Å². The van der Waals surface area contributed by atoms with Gasteiger partial charge in [0.2, 0.25) is 0 Å². The van der Waals surface area contributed by atoms with E-state index in [4.69, 9.17) is 0 Å². The molecule has 0 aliphatic heterocycles. The van der Waals surface area contributed by atoms with E-state index >= 15 is 0 Å². The fourth-order valence-corrected chi connectivity index (χ4v) is 0.741. The summed E-state index contributed by atoms with van der Waals surface area (Å²) in [6, 6.07) is 10.0. The van der Waals surface area contributed by atoms with E-state index in [9.17, 15) is 0 Å². The second kappa shape index (κ2) is 3.77. The Morgan fingerprint density at radius 1 is 1.36 bits per heavy atom. The number of allylic oxidation sites excluding steroid dienone is 2. The summed E-state index contributed by atoms with van der Waals surface area (Å²) in [5.41, 5.74) is 2.12. The van der Waals surface area contributed by atoms with Crippen LogP contribution in [0.2, 0.25) is 0 Å². The maximum absolute atomic E-state index is 3.75. The van der Waals surface area contributed by atoms with Gasteiger partial charge in [-0.1, -0.05) is 48.6 Å². The highest BCUT2D eigenvalue weighted by Crippen LogP contribution is 1.99. The third-order valence-corrected chi connectivity index (χ3v) is 1.26. The topological polar surface area (TPSA) is 0 Å². The van der Waals surface area contributed by atoms with Crippen molar-refractivity contribution in [2.75, 3.05) is 0 Å². The quantitative estimate of drug-likeness (QED) is 0.558. The Hall–Kier alpha value is -1.30. The molecule has 0 amide bonds. The SMILES string of the molecule is C=C(C)C=[C]c1ccccc1. The third kappa shape index (κ3) is 2.85. The molecule has 0 saturated carbocycles. The van der Waals surface area contributed by atoms with Gasteiger partial charge in [-0.3, -0.25) is 0 Å². The maximum atomic E-state index is 3.75. The molecule has 1 aromatic carbocycles. The molecule has 0 aliphatic carbocycles. The van der Waals surface area contributed by atoms with E-state index in [0.29, 0.717) is 0 Å². The summed E-state index contributed by atoms with van der Waals surface area (Å²) in [5.74, 6) is 0. The van der Waals surface area contributed by atoms with E-state index in [0.717, 1.165) is 11.1 Å². The van der Waals surface area contributed by atoms with E-state index in [2.05, 4.69) is 12.7 Å². The molecule has 1 radical (unpaired) electrons. The summed E-state index contributed by atoms with van der Waals surface area (Å²) in [6.45, 7) is 5.71. The predicted molar refractivity (Wildman–Crippen MR) is 48.2 cm³/mol. The third-order valence-electron chi connectivity index (χ3n) is 1.26. The van der Waals surface area contributed by atoms with Gasteiger partial charge in [0.1, 0.15) is 0 Å². The van der Waals surface area contributed by atoms with E-state index in [1.54, 1.807) is 0 Å². The molecule has 0 N–H and O–H groups in total. The van der Waals surface area contributed by atoms with Gasteiger partial charge in [-0.2, -0.15) is 0 Å². The monoisotopic (exact) mass is 143 g/mol. The molecule has 0 spiro atoms. The minimum atomic E-state index is 1.02. The fourth-order valence-electron chi connectivity index (χ4n) is 0.741. The smallest absolute Gasteiger partial charge is 0.0103 e. The first-order valence-electron chi connectivity index (χ1n) is 3.59. The van der Waals surface area contributed by atoms with Crippen LogP contribution in [-0.4, -0.2) is 0 Å². The Morgan fingerprint density at radius 2 is 2.00 bits per heavy atom. The van der Waals surface area contributed by atoms with Crippen LogP contribution in [0.25, 0.3) is 0 Å². The lowest BCUT2D eigenvalue weighted by molar-refractivity contribution is 1.50. The van der Waals surface area contributed by atoms with E-state index in [1.807, 2.05) is 43.3 Å². The Labute approximate surface area is 67.9 Å². The van der Waals surface area contributed by atoms with Crippen LogP contribution in [-0.2, 0) is 0 Å². The van der Waals surface area contributed by atoms with Crippen molar-refractivity contribution in [1.29, 1.82) is 0 Å². The molecule has 0 aliphatic rings. The number of rotatable bonds is 2. The first kappa shape index (κ1) is 7.80. The van der Waals surface area contributed by atoms with Crippen LogP contribution in [0.5, 0.6) is 0 Å². The average molecular weight is 143 g/mol. The lowest BCUT2D eigenvalue weighted by atomic mass is 10.2. The molecule has 11 heavy (non-hydrogen) atoms. The first-order valence-corrected chi connectivity index (χ1v) is 3.59. The van der Waals surface area contributed by atoms with Crippen LogP contribution in [0.1, 0.15) is 12.5 Å². The normalized spacial score (nSPS) is 10.3. The Bertz CT molecular complexity index is 255. The number of hydrogen-bond donors (Lipinski definition) is 0. The highest BCUT2D eigenvalue weighted by atomic mass is 13.9. The summed E-state index contributed by atoms with van der Waals surface area (Å²) in [5, 5.41) is 0. The lowest BCUT2D eigenvalue weighted by Gasteiger charge is -1.89. The van der Waals surface area contributed by atoms with E-state index in [1.165, 1.54) is 0 Å². The van der Waals surface area contributed by atoms with Gasteiger partial charge in [0.15, 0.2) is 0 Å². The summed E-state index contributed by atoms with van der Waals surface area (Å²) < 4.78 is 0. The minimum absolute atomic E-state index is 1.02. The average Bonchev–Trinajstić information content (AvgIpc) is 2.03. The minimum Gasteiger partial charge on any atom is -0.0961 e. The van der Waals surface area contributed by atoms with Crippen molar-refractivity contribution in [3.8, 4) is 0 Å². The van der Waals surface area contributed by atoms with Crippen LogP contribution < -0.4 is 0 Å². The van der Waals surface area contributed by atoms with Crippen LogP contribution >= 0.6 is 0 Å². The second-order valence-corrected chi connectivity index (χ2v) is 2.50. The Balaban J connectivity index is 2.72. The number of benzene rings is 1. The molecule has 55 valence electrons. The molecule has 0 heteroatoms. The van der Waals surface area contributed by atoms with Gasteiger partial charge in [0.25, 0.3) is 0 Å². The van der Waals surface area contributed by atoms with Crippen molar-refractivity contribution in [2.45, 2.75) is 6.92 Å². The zero-order valence-corrected chi connectivity index (χ0v) is 6.67. The van der Waals surface area contributed by atoms with Crippen molar-refractivity contribution in [1.82, 2.24) is 0 Å². The van der Waals surface area contributed by atoms with Gasteiger partial charge in [0.05, 0.1) is 0 Å². The van der Waals surface area contributed by atoms with Crippen molar-refractivity contribution in [2.24, 2.45) is 0 Å². The van der Waals surface area contributed by atoms with Gasteiger partial charge >= 0.3 is 0 Å². The molecule has 1 aromatic rings. The van der Waals surface area contributed by atoms with Gasteiger partial charge in [-0.25, -0.2) is 0 Å². The largest absolute Gasteiger partial charge is 0.0961 e. The molecule has 1 rings (SSSR count). The van der Waals surface area contributed by atoms with Crippen molar-refractivity contribution in [3.63, 3.8) is 0 Å². The molecule has 0 bridgehead atoms. The van der Waals surface area contributed by atoms with Crippen LogP contribution in [0.15, 0.2) is 48.6 Å². The summed E-state index contributed by atoms with van der Waals surface area (Å²) in [7, 11) is 0. The molecular formula is C11H11. The maximum Gasteiger partial charge on any atom is -0.0103 e. The predicted octanol–water partition coefficient (Wildman–Crippen LogP) is 2.97. The zero-order valence-electron chi connectivity index (χ0n) is 6.67. The molecule has 0 unspecified atom stereocenters. The Kier molecular flexibility index (Phi) is 2.67. The Morgan fingerprint density at radius 3 is 2.55 bits per heavy atom. The van der Waals surface area contributed by atoms with Gasteiger partial charge < -0.3 is 0 Å². The van der Waals surface area contributed by atoms with Gasteiger partial charge in [0, 0.05) is 0 Å². The highest BCUT2D eigenvalue weighted by molar-refractivity contribution is 5.25. The lowest BCUT2D eigenvalue weighted by Crippen LogP contribution is -1.71. The number of hydrogen-bond acceptors (Lipinski definition) is 0. The molecular weight excluding hydrogens is 132 g/mol. The fraction of sp³-hybridized carbons (Fsp3) is 0.0909. The molecule has 0 aromatic heterocycles. The van der Waals surface area contributed by atoms with Crippen LogP contribution in [0.3, 0.4) is 0 Å². The summed E-state index contributed by atoms with van der Waals surface area (Å²) in [6.07, 6.45) is 5.00. The molecule has 0 atom stereocenters. The standard InChI is InChI=1S/C11H11/c1-10(2)8-9-11-6-4-3-5-7-11/h3-8H,1H2,2H3. The van der Waals surface area contributed by atoms with Crippen molar-refractivity contribution < 1.29 is 0 Å². The van der Waals surface area contributed by atoms with Crippen molar-refractivity contribution in [3.05, 3.63) is 60.2 Å².